The molecule has 5 rings (SSSR count). The zero-order valence-electron chi connectivity index (χ0n) is 18.3. The monoisotopic (exact) mass is 405 g/mol. The van der Waals surface area contributed by atoms with E-state index in [0.717, 1.165) is 41.8 Å². The van der Waals surface area contributed by atoms with Crippen molar-refractivity contribution in [1.82, 2.24) is 19.4 Å². The molecule has 0 N–H and O–H groups in total. The van der Waals surface area contributed by atoms with Gasteiger partial charge in [0.15, 0.2) is 0 Å². The molecular weight excluding hydrogens is 377 g/mol. The van der Waals surface area contributed by atoms with Crippen LogP contribution in [0.25, 0.3) is 16.6 Å². The van der Waals surface area contributed by atoms with Crippen LogP contribution < -0.4 is 4.90 Å². The van der Waals surface area contributed by atoms with E-state index in [9.17, 15) is 0 Å². The molecule has 0 aromatic carbocycles. The highest BCUT2D eigenvalue weighted by atomic mass is 16.7. The zero-order valence-corrected chi connectivity index (χ0v) is 18.3. The second-order valence-corrected chi connectivity index (χ2v) is 9.24. The van der Waals surface area contributed by atoms with Crippen molar-refractivity contribution in [2.24, 2.45) is 7.05 Å². The number of nitrogens with zero attached hydrogens (tertiary/aromatic N) is 5. The van der Waals surface area contributed by atoms with Crippen LogP contribution in [0.2, 0.25) is 0 Å². The van der Waals surface area contributed by atoms with Gasteiger partial charge >= 0.3 is 7.12 Å². The fourth-order valence-corrected chi connectivity index (χ4v) is 4.07. The number of anilines is 1. The van der Waals surface area contributed by atoms with Crippen LogP contribution in [0.15, 0.2) is 48.5 Å². The fraction of sp³-hybridized carbons (Fsp3) is 0.455. The minimum atomic E-state index is -0.302. The molecule has 0 saturated carbocycles. The lowest BCUT2D eigenvalue weighted by molar-refractivity contribution is 0.00578. The molecule has 0 amide bonds. The zero-order chi connectivity index (χ0) is 21.1. The van der Waals surface area contributed by atoms with E-state index >= 15 is 0 Å². The first-order valence-corrected chi connectivity index (χ1v) is 10.5. The molecule has 0 spiro atoms. The molecule has 5 heterocycles. The topological polar surface area (TPSA) is 56.8 Å². The molecule has 30 heavy (non-hydrogen) atoms. The summed E-state index contributed by atoms with van der Waals surface area (Å²) in [7, 11) is 1.68. The third kappa shape index (κ3) is 3.15. The highest BCUT2D eigenvalue weighted by Crippen LogP contribution is 2.39. The number of hydrogen-bond donors (Lipinski definition) is 0. The Morgan fingerprint density at radius 1 is 0.967 bits per heavy atom. The van der Waals surface area contributed by atoms with E-state index in [1.54, 1.807) is 0 Å². The van der Waals surface area contributed by atoms with Crippen LogP contribution in [-0.4, -0.2) is 50.8 Å². The van der Waals surface area contributed by atoms with Crippen LogP contribution in [0.1, 0.15) is 34.1 Å². The number of fused-ring (bicyclic) bond motifs is 1. The molecule has 7 nitrogen and oxygen atoms in total. The molecule has 0 unspecified atom stereocenters. The molecule has 2 aliphatic heterocycles. The van der Waals surface area contributed by atoms with Gasteiger partial charge in [0, 0.05) is 43.7 Å². The Balaban J connectivity index is 1.35. The molecule has 0 bridgehead atoms. The summed E-state index contributed by atoms with van der Waals surface area (Å²) in [5.74, 6) is 0. The van der Waals surface area contributed by atoms with Gasteiger partial charge in [0.2, 0.25) is 0 Å². The Bertz CT molecular complexity index is 1110. The molecule has 8 heteroatoms. The van der Waals surface area contributed by atoms with Crippen molar-refractivity contribution < 1.29 is 9.31 Å². The van der Waals surface area contributed by atoms with Crippen LogP contribution in [-0.2, 0) is 16.4 Å². The van der Waals surface area contributed by atoms with Crippen LogP contribution in [0.5, 0.6) is 0 Å². The maximum absolute atomic E-state index is 6.22. The van der Waals surface area contributed by atoms with Gasteiger partial charge in [-0.3, -0.25) is 4.68 Å². The fourth-order valence-electron chi connectivity index (χ4n) is 4.07. The van der Waals surface area contributed by atoms with Crippen molar-refractivity contribution in [3.63, 3.8) is 0 Å². The van der Waals surface area contributed by atoms with Gasteiger partial charge in [0.1, 0.15) is 0 Å². The SMILES string of the molecule is Cn1cc(-c2ccc3c(N4CC=C(B5OC(C)(C)C(C)(C)O5)CC4)cnn3c2)cn1. The summed E-state index contributed by atoms with van der Waals surface area (Å²) in [4.78, 5) is 2.36. The van der Waals surface area contributed by atoms with E-state index in [-0.39, 0.29) is 18.3 Å². The Morgan fingerprint density at radius 2 is 1.73 bits per heavy atom. The number of hydrogen-bond acceptors (Lipinski definition) is 5. The molecule has 0 radical (unpaired) electrons. The van der Waals surface area contributed by atoms with Crippen LogP contribution >= 0.6 is 0 Å². The predicted octanol–water partition coefficient (Wildman–Crippen LogP) is 3.50. The normalized spacial score (nSPS) is 20.8. The lowest BCUT2D eigenvalue weighted by Crippen LogP contribution is -2.41. The van der Waals surface area contributed by atoms with Crippen LogP contribution in [0.3, 0.4) is 0 Å². The lowest BCUT2D eigenvalue weighted by atomic mass is 9.74. The average molecular weight is 405 g/mol. The summed E-state index contributed by atoms with van der Waals surface area (Å²) in [6, 6.07) is 4.27. The summed E-state index contributed by atoms with van der Waals surface area (Å²) in [5.41, 5.74) is 5.08. The van der Waals surface area contributed by atoms with Crippen molar-refractivity contribution >= 4 is 18.3 Å². The van der Waals surface area contributed by atoms with Gasteiger partial charge in [0.05, 0.1) is 34.8 Å². The highest BCUT2D eigenvalue weighted by molar-refractivity contribution is 6.54. The van der Waals surface area contributed by atoms with Gasteiger partial charge in [0.25, 0.3) is 0 Å². The standard InChI is InChI=1S/C22H28BN5O2/c1-21(2)22(3,4)30-23(29-21)18-8-10-27(11-9-18)20-13-25-28-15-16(6-7-19(20)28)17-12-24-26(5)14-17/h6-8,12-15H,9-11H2,1-5H3. The third-order valence-corrected chi connectivity index (χ3v) is 6.67. The molecule has 2 aliphatic rings. The van der Waals surface area contributed by atoms with Gasteiger partial charge in [-0.05, 0) is 45.7 Å². The van der Waals surface area contributed by atoms with Gasteiger partial charge in [-0.25, -0.2) is 4.52 Å². The largest absolute Gasteiger partial charge is 0.490 e. The number of aromatic nitrogens is 4. The number of pyridine rings is 1. The smallest absolute Gasteiger partial charge is 0.400 e. The Labute approximate surface area is 177 Å². The van der Waals surface area contributed by atoms with Gasteiger partial charge in [-0.2, -0.15) is 10.2 Å². The first-order valence-electron chi connectivity index (χ1n) is 10.5. The van der Waals surface area contributed by atoms with Gasteiger partial charge < -0.3 is 14.2 Å². The Hall–Kier alpha value is -2.58. The predicted molar refractivity (Wildman–Crippen MR) is 118 cm³/mol. The quantitative estimate of drug-likeness (QED) is 0.625. The molecule has 156 valence electrons. The maximum Gasteiger partial charge on any atom is 0.490 e. The average Bonchev–Trinajstić information content (AvgIpc) is 3.37. The van der Waals surface area contributed by atoms with Gasteiger partial charge in [-0.15, -0.1) is 0 Å². The summed E-state index contributed by atoms with van der Waals surface area (Å²) in [5, 5.41) is 8.86. The summed E-state index contributed by atoms with van der Waals surface area (Å²) in [6.45, 7) is 10.1. The molecule has 1 fully saturated rings. The molecule has 0 atom stereocenters. The minimum Gasteiger partial charge on any atom is -0.400 e. The number of aryl methyl sites for hydroxylation is 1. The molecule has 1 saturated heterocycles. The van der Waals surface area contributed by atoms with E-state index in [0.29, 0.717) is 0 Å². The third-order valence-electron chi connectivity index (χ3n) is 6.67. The summed E-state index contributed by atoms with van der Waals surface area (Å²) in [6.07, 6.45) is 11.1. The second kappa shape index (κ2) is 6.72. The Morgan fingerprint density at radius 3 is 2.37 bits per heavy atom. The summed E-state index contributed by atoms with van der Waals surface area (Å²) >= 11 is 0. The molecule has 3 aromatic rings. The van der Waals surface area contributed by atoms with Crippen molar-refractivity contribution in [3.8, 4) is 11.1 Å². The van der Waals surface area contributed by atoms with E-state index < -0.39 is 0 Å². The van der Waals surface area contributed by atoms with Crippen LogP contribution in [0, 0.1) is 0 Å². The van der Waals surface area contributed by atoms with Crippen LogP contribution in [0.4, 0.5) is 5.69 Å². The van der Waals surface area contributed by atoms with Crippen molar-refractivity contribution in [2.45, 2.75) is 45.3 Å². The second-order valence-electron chi connectivity index (χ2n) is 9.24. The lowest BCUT2D eigenvalue weighted by Gasteiger charge is -2.32. The van der Waals surface area contributed by atoms with Gasteiger partial charge in [-0.1, -0.05) is 12.1 Å². The first-order chi connectivity index (χ1) is 14.2. The van der Waals surface area contributed by atoms with Crippen molar-refractivity contribution in [3.05, 3.63) is 48.5 Å². The Kier molecular flexibility index (Phi) is 4.34. The van der Waals surface area contributed by atoms with Crippen molar-refractivity contribution in [1.29, 1.82) is 0 Å². The highest BCUT2D eigenvalue weighted by Gasteiger charge is 2.52. The molecule has 3 aromatic heterocycles. The van der Waals surface area contributed by atoms with E-state index in [1.807, 2.05) is 34.8 Å². The minimum absolute atomic E-state index is 0.247. The summed E-state index contributed by atoms with van der Waals surface area (Å²) < 4.78 is 16.2. The van der Waals surface area contributed by atoms with E-state index in [4.69, 9.17) is 9.31 Å². The first kappa shape index (κ1) is 19.4. The molecular formula is C22H28BN5O2. The van der Waals surface area contributed by atoms with E-state index in [1.165, 1.54) is 5.47 Å². The van der Waals surface area contributed by atoms with E-state index in [2.05, 4.69) is 67.2 Å². The molecule has 0 aliphatic carbocycles. The number of rotatable bonds is 3. The maximum atomic E-state index is 6.22. The van der Waals surface area contributed by atoms with Crippen molar-refractivity contribution in [2.75, 3.05) is 18.0 Å².